The summed E-state index contributed by atoms with van der Waals surface area (Å²) in [6.07, 6.45) is 1.24. The highest BCUT2D eigenvalue weighted by molar-refractivity contribution is 5.75. The second-order valence-electron chi connectivity index (χ2n) is 2.94. The molecule has 0 aromatic rings. The molecule has 3 nitrogen and oxygen atoms in total. The number of carbonyl (C=O) groups is 1. The first kappa shape index (κ1) is 8.68. The lowest BCUT2D eigenvalue weighted by Crippen LogP contribution is -2.31. The minimum atomic E-state index is -0.295. The Bertz CT molecular complexity index is 144. The zero-order valence-electron chi connectivity index (χ0n) is 7.00. The summed E-state index contributed by atoms with van der Waals surface area (Å²) in [5.74, 6) is 0.115. The van der Waals surface area contributed by atoms with Gasteiger partial charge in [-0.2, -0.15) is 0 Å². The highest BCUT2D eigenvalue weighted by Crippen LogP contribution is 2.14. The van der Waals surface area contributed by atoms with Gasteiger partial charge in [0.2, 0.25) is 0 Å². The summed E-state index contributed by atoms with van der Waals surface area (Å²) < 4.78 is 10.6. The Morgan fingerprint density at radius 2 is 2.36 bits per heavy atom. The molecule has 1 heterocycles. The van der Waals surface area contributed by atoms with Crippen molar-refractivity contribution in [2.24, 2.45) is 0 Å². The molecule has 0 spiro atoms. The van der Waals surface area contributed by atoms with Crippen molar-refractivity contribution in [2.75, 3.05) is 6.61 Å². The molecule has 0 bridgehead atoms. The smallest absolute Gasteiger partial charge is 0.164 e. The fourth-order valence-electron chi connectivity index (χ4n) is 1.07. The third kappa shape index (κ3) is 2.99. The van der Waals surface area contributed by atoms with Crippen LogP contribution in [0.1, 0.15) is 26.7 Å². The van der Waals surface area contributed by atoms with Gasteiger partial charge >= 0.3 is 0 Å². The molecule has 0 aliphatic carbocycles. The number of hydrogen-bond donors (Lipinski definition) is 0. The minimum Gasteiger partial charge on any atom is -0.352 e. The molecule has 1 fully saturated rings. The Balaban J connectivity index is 2.28. The molecule has 2 atom stereocenters. The van der Waals surface area contributed by atoms with E-state index >= 15 is 0 Å². The number of carbonyl (C=O) groups excluding carboxylic acids is 1. The van der Waals surface area contributed by atoms with Crippen LogP contribution in [0.2, 0.25) is 0 Å². The molecular weight excluding hydrogens is 144 g/mol. The average molecular weight is 158 g/mol. The van der Waals surface area contributed by atoms with E-state index in [2.05, 4.69) is 0 Å². The van der Waals surface area contributed by atoms with Crippen molar-refractivity contribution in [3.05, 3.63) is 0 Å². The predicted molar refractivity (Wildman–Crippen MR) is 40.2 cm³/mol. The monoisotopic (exact) mass is 158 g/mol. The zero-order valence-corrected chi connectivity index (χ0v) is 7.00. The summed E-state index contributed by atoms with van der Waals surface area (Å²) >= 11 is 0. The Kier molecular flexibility index (Phi) is 3.02. The first-order valence-electron chi connectivity index (χ1n) is 3.95. The van der Waals surface area contributed by atoms with Crippen LogP contribution < -0.4 is 0 Å². The highest BCUT2D eigenvalue weighted by Gasteiger charge is 2.20. The molecule has 1 aliphatic heterocycles. The molecule has 3 heteroatoms. The van der Waals surface area contributed by atoms with Crippen LogP contribution in [0.15, 0.2) is 0 Å². The third-order valence-corrected chi connectivity index (χ3v) is 1.67. The maximum Gasteiger partial charge on any atom is 0.164 e. The van der Waals surface area contributed by atoms with Crippen molar-refractivity contribution in [3.8, 4) is 0 Å². The van der Waals surface area contributed by atoms with Gasteiger partial charge in [0.1, 0.15) is 5.78 Å². The highest BCUT2D eigenvalue weighted by atomic mass is 16.7. The first-order valence-corrected chi connectivity index (χ1v) is 3.95. The SMILES string of the molecule is CC(=O)CC1OCCC(C)O1. The summed E-state index contributed by atoms with van der Waals surface area (Å²) in [7, 11) is 0. The Morgan fingerprint density at radius 1 is 1.64 bits per heavy atom. The normalized spacial score (nSPS) is 31.8. The fraction of sp³-hybridized carbons (Fsp3) is 0.875. The van der Waals surface area contributed by atoms with E-state index in [0.717, 1.165) is 6.42 Å². The molecular formula is C8H14O3. The van der Waals surface area contributed by atoms with Crippen LogP contribution in [0.4, 0.5) is 0 Å². The largest absolute Gasteiger partial charge is 0.352 e. The van der Waals surface area contributed by atoms with Crippen molar-refractivity contribution in [2.45, 2.75) is 39.1 Å². The molecule has 1 rings (SSSR count). The number of rotatable bonds is 2. The molecule has 1 saturated heterocycles. The topological polar surface area (TPSA) is 35.5 Å². The van der Waals surface area contributed by atoms with Gasteiger partial charge in [0.15, 0.2) is 6.29 Å². The molecule has 0 aromatic heterocycles. The molecule has 0 radical (unpaired) electrons. The number of hydrogen-bond acceptors (Lipinski definition) is 3. The number of ketones is 1. The van der Waals surface area contributed by atoms with E-state index in [1.54, 1.807) is 6.92 Å². The molecule has 0 N–H and O–H groups in total. The van der Waals surface area contributed by atoms with Crippen LogP contribution in [-0.2, 0) is 14.3 Å². The Morgan fingerprint density at radius 3 is 2.91 bits per heavy atom. The van der Waals surface area contributed by atoms with Crippen LogP contribution in [-0.4, -0.2) is 24.8 Å². The van der Waals surface area contributed by atoms with Gasteiger partial charge < -0.3 is 9.47 Å². The third-order valence-electron chi connectivity index (χ3n) is 1.67. The van der Waals surface area contributed by atoms with Crippen LogP contribution >= 0.6 is 0 Å². The number of ether oxygens (including phenoxy) is 2. The van der Waals surface area contributed by atoms with E-state index in [4.69, 9.17) is 9.47 Å². The Hall–Kier alpha value is -0.410. The lowest BCUT2D eigenvalue weighted by molar-refractivity contribution is -0.208. The average Bonchev–Trinajstić information content (AvgIpc) is 1.85. The van der Waals surface area contributed by atoms with Crippen LogP contribution in [0, 0.1) is 0 Å². The first-order chi connectivity index (χ1) is 5.18. The lowest BCUT2D eigenvalue weighted by Gasteiger charge is -2.27. The van der Waals surface area contributed by atoms with Crippen LogP contribution in [0.25, 0.3) is 0 Å². The Labute approximate surface area is 66.7 Å². The molecule has 64 valence electrons. The van der Waals surface area contributed by atoms with E-state index < -0.39 is 0 Å². The second kappa shape index (κ2) is 3.83. The zero-order chi connectivity index (χ0) is 8.27. The summed E-state index contributed by atoms with van der Waals surface area (Å²) in [6, 6.07) is 0. The van der Waals surface area contributed by atoms with Gasteiger partial charge in [-0.3, -0.25) is 4.79 Å². The van der Waals surface area contributed by atoms with E-state index in [1.807, 2.05) is 6.92 Å². The summed E-state index contributed by atoms with van der Waals surface area (Å²) in [6.45, 7) is 4.25. The summed E-state index contributed by atoms with van der Waals surface area (Å²) in [4.78, 5) is 10.7. The quantitative estimate of drug-likeness (QED) is 0.604. The minimum absolute atomic E-state index is 0.115. The van der Waals surface area contributed by atoms with Gasteiger partial charge in [-0.1, -0.05) is 0 Å². The molecule has 11 heavy (non-hydrogen) atoms. The molecule has 1 aliphatic rings. The number of Topliss-reactive ketones (excluding diaryl/α,β-unsaturated/α-hetero) is 1. The molecule has 0 aromatic carbocycles. The van der Waals surface area contributed by atoms with Gasteiger partial charge in [-0.25, -0.2) is 0 Å². The van der Waals surface area contributed by atoms with Gasteiger partial charge in [-0.05, 0) is 20.3 Å². The van der Waals surface area contributed by atoms with Crippen molar-refractivity contribution in [1.29, 1.82) is 0 Å². The van der Waals surface area contributed by atoms with Crippen molar-refractivity contribution in [1.82, 2.24) is 0 Å². The van der Waals surface area contributed by atoms with E-state index in [1.165, 1.54) is 0 Å². The summed E-state index contributed by atoms with van der Waals surface area (Å²) in [5.41, 5.74) is 0. The van der Waals surface area contributed by atoms with E-state index in [9.17, 15) is 4.79 Å². The van der Waals surface area contributed by atoms with Crippen molar-refractivity contribution < 1.29 is 14.3 Å². The second-order valence-corrected chi connectivity index (χ2v) is 2.94. The van der Waals surface area contributed by atoms with Crippen LogP contribution in [0.3, 0.4) is 0 Å². The van der Waals surface area contributed by atoms with Gasteiger partial charge in [0.25, 0.3) is 0 Å². The summed E-state index contributed by atoms with van der Waals surface area (Å²) in [5, 5.41) is 0. The van der Waals surface area contributed by atoms with Gasteiger partial charge in [-0.15, -0.1) is 0 Å². The molecule has 2 unspecified atom stereocenters. The van der Waals surface area contributed by atoms with Crippen molar-refractivity contribution in [3.63, 3.8) is 0 Å². The molecule has 0 saturated carbocycles. The van der Waals surface area contributed by atoms with E-state index in [-0.39, 0.29) is 18.2 Å². The lowest BCUT2D eigenvalue weighted by atomic mass is 10.2. The fourth-order valence-corrected chi connectivity index (χ4v) is 1.07. The van der Waals surface area contributed by atoms with Crippen LogP contribution in [0.5, 0.6) is 0 Å². The molecule has 0 amide bonds. The maximum absolute atomic E-state index is 10.7. The van der Waals surface area contributed by atoms with Crippen molar-refractivity contribution >= 4 is 5.78 Å². The van der Waals surface area contributed by atoms with Gasteiger partial charge in [0, 0.05) is 0 Å². The van der Waals surface area contributed by atoms with Gasteiger partial charge in [0.05, 0.1) is 19.1 Å². The van der Waals surface area contributed by atoms with E-state index in [0.29, 0.717) is 13.0 Å². The predicted octanol–water partition coefficient (Wildman–Crippen LogP) is 1.12. The standard InChI is InChI=1S/C8H14O3/c1-6(9)5-8-10-4-3-7(2)11-8/h7-8H,3-5H2,1-2H3. The maximum atomic E-state index is 10.7.